The maximum absolute atomic E-state index is 14.5. The molecule has 2 fully saturated rings. The summed E-state index contributed by atoms with van der Waals surface area (Å²) in [6.07, 6.45) is -11.6. The summed E-state index contributed by atoms with van der Waals surface area (Å²) in [6, 6.07) is 9.00. The van der Waals surface area contributed by atoms with Gasteiger partial charge in [-0.05, 0) is 67.6 Å². The Morgan fingerprint density at radius 2 is 1.32 bits per heavy atom. The third-order valence-electron chi connectivity index (χ3n) is 9.18. The normalized spacial score (nSPS) is 21.9. The molecular weight excluding hydrogens is 663 g/mol. The van der Waals surface area contributed by atoms with Crippen LogP contribution in [0.2, 0.25) is 0 Å². The molecule has 5 rings (SSSR count). The standard InChI is InChI=1S/C32H31F9N2O3S/c33-23-8-10-25(11-9-23)47(44,45)29(14-12-24(13-15-29)43-18-16-42-17-19-43)21-4-6-22(7-5-21)30(31(36,37)38,32(39,40)41)46-20-26-27(34)2-1-3-28(26)35/h1-11,24,42H,12-20H2. The Kier molecular flexibility index (Phi) is 9.77. The number of piperazine rings is 1. The van der Waals surface area contributed by atoms with Crippen molar-refractivity contribution in [2.45, 2.75) is 65.9 Å². The van der Waals surface area contributed by atoms with Crippen molar-refractivity contribution in [2.75, 3.05) is 26.2 Å². The topological polar surface area (TPSA) is 58.6 Å². The van der Waals surface area contributed by atoms with Crippen molar-refractivity contribution in [1.29, 1.82) is 0 Å². The molecule has 0 atom stereocenters. The first-order chi connectivity index (χ1) is 22.0. The fourth-order valence-electron chi connectivity index (χ4n) is 6.63. The van der Waals surface area contributed by atoms with Crippen LogP contribution in [0.1, 0.15) is 42.4 Å². The van der Waals surface area contributed by atoms with Gasteiger partial charge in [-0.2, -0.15) is 26.3 Å². The molecule has 1 aliphatic heterocycles. The predicted octanol–water partition coefficient (Wildman–Crippen LogP) is 7.16. The van der Waals surface area contributed by atoms with Gasteiger partial charge >= 0.3 is 12.4 Å². The molecule has 1 aliphatic carbocycles. The smallest absolute Gasteiger partial charge is 0.349 e. The fraction of sp³-hybridized carbons (Fsp3) is 0.438. The molecule has 3 aromatic rings. The average Bonchev–Trinajstić information content (AvgIpc) is 3.02. The zero-order chi connectivity index (χ0) is 34.3. The van der Waals surface area contributed by atoms with E-state index in [2.05, 4.69) is 15.0 Å². The zero-order valence-electron chi connectivity index (χ0n) is 24.8. The Labute approximate surface area is 265 Å². The number of benzene rings is 3. The summed E-state index contributed by atoms with van der Waals surface area (Å²) in [5.74, 6) is -3.50. The van der Waals surface area contributed by atoms with E-state index in [9.17, 15) is 47.9 Å². The molecule has 0 unspecified atom stereocenters. The van der Waals surface area contributed by atoms with Crippen LogP contribution in [0.3, 0.4) is 0 Å². The Balaban J connectivity index is 1.57. The van der Waals surface area contributed by atoms with Gasteiger partial charge in [0.25, 0.3) is 5.60 Å². The van der Waals surface area contributed by atoms with E-state index in [0.29, 0.717) is 37.1 Å². The van der Waals surface area contributed by atoms with Gasteiger partial charge in [-0.25, -0.2) is 21.6 Å². The SMILES string of the molecule is O=S(=O)(c1ccc(F)cc1)C1(c2ccc(C(OCc3c(F)cccc3F)(C(F)(F)F)C(F)(F)F)cc2)CCC(N2CCNCC2)CC1. The van der Waals surface area contributed by atoms with Crippen molar-refractivity contribution < 1.29 is 52.7 Å². The summed E-state index contributed by atoms with van der Waals surface area (Å²) < 4.78 is 160. The van der Waals surface area contributed by atoms with Crippen LogP contribution < -0.4 is 5.32 Å². The summed E-state index contributed by atoms with van der Waals surface area (Å²) in [6.45, 7) is 1.22. The van der Waals surface area contributed by atoms with Crippen LogP contribution in [0, 0.1) is 17.5 Å². The molecule has 0 bridgehead atoms. The number of hydrogen-bond donors (Lipinski definition) is 1. The third-order valence-corrected chi connectivity index (χ3v) is 11.7. The monoisotopic (exact) mass is 694 g/mol. The van der Waals surface area contributed by atoms with Gasteiger partial charge in [0.15, 0.2) is 9.84 Å². The van der Waals surface area contributed by atoms with Gasteiger partial charge in [0.05, 0.1) is 11.5 Å². The summed E-state index contributed by atoms with van der Waals surface area (Å²) in [5, 5.41) is 3.23. The van der Waals surface area contributed by atoms with Gasteiger partial charge in [-0.1, -0.05) is 30.3 Å². The molecule has 2 aliphatic rings. The maximum atomic E-state index is 14.5. The first kappa shape index (κ1) is 35.2. The summed E-state index contributed by atoms with van der Waals surface area (Å²) in [4.78, 5) is 1.96. The number of sulfone groups is 1. The van der Waals surface area contributed by atoms with E-state index in [1.54, 1.807) is 0 Å². The summed E-state index contributed by atoms with van der Waals surface area (Å²) >= 11 is 0. The molecule has 47 heavy (non-hydrogen) atoms. The van der Waals surface area contributed by atoms with E-state index in [1.807, 2.05) is 0 Å². The van der Waals surface area contributed by atoms with Crippen molar-refractivity contribution in [3.63, 3.8) is 0 Å². The lowest BCUT2D eigenvalue weighted by molar-refractivity contribution is -0.392. The average molecular weight is 695 g/mol. The minimum atomic E-state index is -6.16. The Hall–Kier alpha value is -3.14. The highest BCUT2D eigenvalue weighted by Crippen LogP contribution is 2.54. The third kappa shape index (κ3) is 6.39. The lowest BCUT2D eigenvalue weighted by Crippen LogP contribution is -2.56. The van der Waals surface area contributed by atoms with E-state index in [0.717, 1.165) is 68.6 Å². The highest BCUT2D eigenvalue weighted by molar-refractivity contribution is 7.92. The second kappa shape index (κ2) is 13.1. The van der Waals surface area contributed by atoms with Crippen LogP contribution in [0.4, 0.5) is 39.5 Å². The summed E-state index contributed by atoms with van der Waals surface area (Å²) in [5.41, 5.74) is -7.66. The van der Waals surface area contributed by atoms with Crippen molar-refractivity contribution in [3.8, 4) is 0 Å². The minimum absolute atomic E-state index is 0.00296. The van der Waals surface area contributed by atoms with Crippen LogP contribution in [-0.4, -0.2) is 57.9 Å². The van der Waals surface area contributed by atoms with Crippen LogP contribution in [0.25, 0.3) is 0 Å². The van der Waals surface area contributed by atoms with E-state index >= 15 is 0 Å². The number of nitrogens with zero attached hydrogens (tertiary/aromatic N) is 1. The Morgan fingerprint density at radius 3 is 1.83 bits per heavy atom. The van der Waals surface area contributed by atoms with Gasteiger partial charge < -0.3 is 10.1 Å². The predicted molar refractivity (Wildman–Crippen MR) is 153 cm³/mol. The van der Waals surface area contributed by atoms with E-state index < -0.39 is 67.7 Å². The molecule has 1 heterocycles. The quantitative estimate of drug-likeness (QED) is 0.201. The van der Waals surface area contributed by atoms with Crippen LogP contribution in [0.15, 0.2) is 71.6 Å². The Morgan fingerprint density at radius 1 is 0.787 bits per heavy atom. The molecule has 256 valence electrons. The van der Waals surface area contributed by atoms with Gasteiger partial charge in [0.2, 0.25) is 0 Å². The number of nitrogens with one attached hydrogen (secondary N) is 1. The number of rotatable bonds is 8. The first-order valence-electron chi connectivity index (χ1n) is 14.8. The number of hydrogen-bond acceptors (Lipinski definition) is 5. The molecule has 1 saturated heterocycles. The minimum Gasteiger partial charge on any atom is -0.349 e. The van der Waals surface area contributed by atoms with Crippen molar-refractivity contribution in [1.82, 2.24) is 10.2 Å². The molecular formula is C32H31F9N2O3S. The van der Waals surface area contributed by atoms with E-state index in [4.69, 9.17) is 0 Å². The van der Waals surface area contributed by atoms with Crippen molar-refractivity contribution in [2.24, 2.45) is 0 Å². The molecule has 5 nitrogen and oxygen atoms in total. The number of ether oxygens (including phenoxy) is 1. The molecule has 0 aromatic heterocycles. The van der Waals surface area contributed by atoms with Gasteiger partial charge in [0.1, 0.15) is 22.2 Å². The lowest BCUT2D eigenvalue weighted by Gasteiger charge is -2.44. The zero-order valence-corrected chi connectivity index (χ0v) is 25.6. The van der Waals surface area contributed by atoms with Crippen LogP contribution in [-0.2, 0) is 31.5 Å². The molecule has 1 N–H and O–H groups in total. The van der Waals surface area contributed by atoms with E-state index in [1.165, 1.54) is 0 Å². The lowest BCUT2D eigenvalue weighted by atomic mass is 9.79. The largest absolute Gasteiger partial charge is 0.430 e. The summed E-state index contributed by atoms with van der Waals surface area (Å²) in [7, 11) is -4.37. The van der Waals surface area contributed by atoms with Gasteiger partial charge in [0, 0.05) is 43.3 Å². The van der Waals surface area contributed by atoms with Crippen LogP contribution >= 0.6 is 0 Å². The molecule has 0 spiro atoms. The van der Waals surface area contributed by atoms with E-state index in [-0.39, 0.29) is 29.3 Å². The van der Waals surface area contributed by atoms with Gasteiger partial charge in [-0.3, -0.25) is 4.90 Å². The molecule has 15 heteroatoms. The molecule has 1 saturated carbocycles. The van der Waals surface area contributed by atoms with Crippen molar-refractivity contribution >= 4 is 9.84 Å². The molecule has 0 radical (unpaired) electrons. The van der Waals surface area contributed by atoms with Crippen LogP contribution in [0.5, 0.6) is 0 Å². The Bertz CT molecular complexity index is 1610. The second-order valence-corrected chi connectivity index (χ2v) is 14.0. The maximum Gasteiger partial charge on any atom is 0.430 e. The second-order valence-electron chi connectivity index (χ2n) is 11.7. The first-order valence-corrected chi connectivity index (χ1v) is 16.3. The fourth-order valence-corrected chi connectivity index (χ4v) is 8.79. The molecule has 3 aromatic carbocycles. The van der Waals surface area contributed by atoms with Crippen molar-refractivity contribution in [3.05, 3.63) is 101 Å². The highest BCUT2D eigenvalue weighted by Gasteiger charge is 2.73. The highest BCUT2D eigenvalue weighted by atomic mass is 32.2. The van der Waals surface area contributed by atoms with Gasteiger partial charge in [-0.15, -0.1) is 0 Å². The number of alkyl halides is 6. The molecule has 0 amide bonds. The number of halogens is 9.